The van der Waals surface area contributed by atoms with Crippen molar-refractivity contribution in [3.8, 4) is 0 Å². The molecule has 2 nitrogen and oxygen atoms in total. The molecule has 1 N–H and O–H groups in total. The van der Waals surface area contributed by atoms with E-state index < -0.39 is 17.3 Å². The van der Waals surface area contributed by atoms with E-state index in [2.05, 4.69) is 4.98 Å². The molecular formula is C9H8F3NO. The van der Waals surface area contributed by atoms with Crippen LogP contribution in [0, 0.1) is 0 Å². The molecule has 0 aromatic carbocycles. The molecule has 1 heterocycles. The Morgan fingerprint density at radius 2 is 2.00 bits per heavy atom. The third-order valence-corrected chi connectivity index (χ3v) is 2.35. The van der Waals surface area contributed by atoms with Gasteiger partial charge in [0.15, 0.2) is 0 Å². The first-order valence-electron chi connectivity index (χ1n) is 4.17. The lowest BCUT2D eigenvalue weighted by Crippen LogP contribution is -2.16. The molecule has 0 bridgehead atoms. The molecule has 14 heavy (non-hydrogen) atoms. The second kappa shape index (κ2) is 2.70. The van der Waals surface area contributed by atoms with Crippen LogP contribution in [0.4, 0.5) is 13.2 Å². The van der Waals surface area contributed by atoms with Crippen molar-refractivity contribution in [1.82, 2.24) is 4.98 Å². The van der Waals surface area contributed by atoms with Gasteiger partial charge in [-0.15, -0.1) is 0 Å². The molecule has 1 aliphatic carbocycles. The van der Waals surface area contributed by atoms with E-state index in [1.807, 2.05) is 0 Å². The summed E-state index contributed by atoms with van der Waals surface area (Å²) in [5.74, 6) is 0. The zero-order valence-corrected chi connectivity index (χ0v) is 7.17. The average Bonchev–Trinajstić information content (AvgIpc) is 2.84. The van der Waals surface area contributed by atoms with Crippen LogP contribution < -0.4 is 0 Å². The Morgan fingerprint density at radius 3 is 2.50 bits per heavy atom. The van der Waals surface area contributed by atoms with Crippen molar-refractivity contribution in [3.63, 3.8) is 0 Å². The molecule has 5 heteroatoms. The maximum absolute atomic E-state index is 12.5. The van der Waals surface area contributed by atoms with Gasteiger partial charge in [-0.25, -0.2) is 0 Å². The normalized spacial score (nSPS) is 19.4. The van der Waals surface area contributed by atoms with E-state index in [1.165, 1.54) is 12.3 Å². The molecule has 2 rings (SSSR count). The Balaban J connectivity index is 2.50. The van der Waals surface area contributed by atoms with E-state index in [1.54, 1.807) is 0 Å². The van der Waals surface area contributed by atoms with E-state index in [0.29, 0.717) is 12.8 Å². The fraction of sp³-hybridized carbons (Fsp3) is 0.444. The van der Waals surface area contributed by atoms with Gasteiger partial charge < -0.3 is 5.11 Å². The highest BCUT2D eigenvalue weighted by atomic mass is 19.4. The molecule has 1 fully saturated rings. The van der Waals surface area contributed by atoms with Crippen LogP contribution in [-0.4, -0.2) is 10.1 Å². The molecule has 1 aliphatic rings. The quantitative estimate of drug-likeness (QED) is 0.758. The summed E-state index contributed by atoms with van der Waals surface area (Å²) < 4.78 is 37.4. The van der Waals surface area contributed by atoms with Crippen molar-refractivity contribution >= 4 is 0 Å². The zero-order valence-electron chi connectivity index (χ0n) is 7.17. The van der Waals surface area contributed by atoms with E-state index >= 15 is 0 Å². The van der Waals surface area contributed by atoms with Gasteiger partial charge in [0.05, 0.1) is 11.2 Å². The number of rotatable bonds is 1. The van der Waals surface area contributed by atoms with Crippen molar-refractivity contribution in [3.05, 3.63) is 29.6 Å². The Kier molecular flexibility index (Phi) is 1.82. The Bertz CT molecular complexity index is 333. The maximum atomic E-state index is 12.5. The second-order valence-electron chi connectivity index (χ2n) is 3.45. The highest BCUT2D eigenvalue weighted by Gasteiger charge is 2.48. The van der Waals surface area contributed by atoms with Crippen LogP contribution in [0.25, 0.3) is 0 Å². The summed E-state index contributed by atoms with van der Waals surface area (Å²) in [5, 5.41) is 9.62. The predicted octanol–water partition coefficient (Wildman–Crippen LogP) is 2.08. The molecule has 1 aromatic heterocycles. The van der Waals surface area contributed by atoms with Crippen molar-refractivity contribution < 1.29 is 18.3 Å². The number of hydrogen-bond donors (Lipinski definition) is 1. The van der Waals surface area contributed by atoms with Crippen molar-refractivity contribution in [1.29, 1.82) is 0 Å². The van der Waals surface area contributed by atoms with Crippen LogP contribution in [0.15, 0.2) is 18.5 Å². The van der Waals surface area contributed by atoms with E-state index in [9.17, 15) is 18.3 Å². The number of hydrogen-bond acceptors (Lipinski definition) is 2. The number of pyridine rings is 1. The van der Waals surface area contributed by atoms with E-state index in [-0.39, 0.29) is 5.56 Å². The van der Waals surface area contributed by atoms with Gasteiger partial charge in [-0.1, -0.05) is 0 Å². The summed E-state index contributed by atoms with van der Waals surface area (Å²) in [7, 11) is 0. The first kappa shape index (κ1) is 9.45. The summed E-state index contributed by atoms with van der Waals surface area (Å²) in [6, 6.07) is 1.23. The molecular weight excluding hydrogens is 195 g/mol. The monoisotopic (exact) mass is 203 g/mol. The van der Waals surface area contributed by atoms with Gasteiger partial charge in [-0.3, -0.25) is 4.98 Å². The Hall–Kier alpha value is -1.10. The molecule has 0 unspecified atom stereocenters. The minimum Gasteiger partial charge on any atom is -0.385 e. The molecule has 0 aliphatic heterocycles. The molecule has 0 spiro atoms. The number of alkyl halides is 3. The topological polar surface area (TPSA) is 33.1 Å². The maximum Gasteiger partial charge on any atom is 0.418 e. The lowest BCUT2D eigenvalue weighted by Gasteiger charge is -2.15. The lowest BCUT2D eigenvalue weighted by atomic mass is 10.0. The van der Waals surface area contributed by atoms with Gasteiger partial charge in [-0.2, -0.15) is 13.2 Å². The summed E-state index contributed by atoms with van der Waals surface area (Å²) >= 11 is 0. The number of aliphatic hydroxyl groups is 1. The molecule has 0 saturated heterocycles. The fourth-order valence-electron chi connectivity index (χ4n) is 1.41. The van der Waals surface area contributed by atoms with Crippen LogP contribution in [-0.2, 0) is 11.8 Å². The highest BCUT2D eigenvalue weighted by molar-refractivity contribution is 5.35. The standard InChI is InChI=1S/C9H8F3NO/c10-9(11,12)7-5-13-4-1-6(7)8(14)2-3-8/h1,4-5,14H,2-3H2. The number of aromatic nitrogens is 1. The predicted molar refractivity (Wildman–Crippen MR) is 42.4 cm³/mol. The SMILES string of the molecule is OC1(c2ccncc2C(F)(F)F)CC1. The minimum atomic E-state index is -4.44. The molecule has 0 amide bonds. The molecule has 1 saturated carbocycles. The largest absolute Gasteiger partial charge is 0.418 e. The van der Waals surface area contributed by atoms with Crippen molar-refractivity contribution in [2.24, 2.45) is 0 Å². The summed E-state index contributed by atoms with van der Waals surface area (Å²) in [5.41, 5.74) is -2.16. The first-order chi connectivity index (χ1) is 6.43. The lowest BCUT2D eigenvalue weighted by molar-refractivity contribution is -0.139. The van der Waals surface area contributed by atoms with Crippen molar-refractivity contribution in [2.75, 3.05) is 0 Å². The zero-order chi connectivity index (χ0) is 10.4. The third kappa shape index (κ3) is 1.48. The van der Waals surface area contributed by atoms with Crippen LogP contribution >= 0.6 is 0 Å². The molecule has 0 radical (unpaired) electrons. The molecule has 1 aromatic rings. The van der Waals surface area contributed by atoms with Gasteiger partial charge in [0.2, 0.25) is 0 Å². The number of nitrogens with zero attached hydrogens (tertiary/aromatic N) is 1. The van der Waals surface area contributed by atoms with Gasteiger partial charge in [-0.05, 0) is 24.5 Å². The van der Waals surface area contributed by atoms with Crippen LogP contribution in [0.1, 0.15) is 24.0 Å². The molecule has 0 atom stereocenters. The fourth-order valence-corrected chi connectivity index (χ4v) is 1.41. The highest BCUT2D eigenvalue weighted by Crippen LogP contribution is 2.49. The van der Waals surface area contributed by atoms with E-state index in [0.717, 1.165) is 6.20 Å². The number of halogens is 3. The van der Waals surface area contributed by atoms with Crippen LogP contribution in [0.3, 0.4) is 0 Å². The Labute approximate surface area is 78.4 Å². The first-order valence-corrected chi connectivity index (χ1v) is 4.17. The Morgan fingerprint density at radius 1 is 1.36 bits per heavy atom. The van der Waals surface area contributed by atoms with Crippen LogP contribution in [0.2, 0.25) is 0 Å². The minimum absolute atomic E-state index is 0.0556. The summed E-state index contributed by atoms with van der Waals surface area (Å²) in [4.78, 5) is 3.42. The van der Waals surface area contributed by atoms with Gasteiger partial charge in [0, 0.05) is 12.4 Å². The van der Waals surface area contributed by atoms with Crippen LogP contribution in [0.5, 0.6) is 0 Å². The van der Waals surface area contributed by atoms with Gasteiger partial charge in [0.1, 0.15) is 0 Å². The summed E-state index contributed by atoms with van der Waals surface area (Å²) in [6.07, 6.45) is -1.64. The third-order valence-electron chi connectivity index (χ3n) is 2.35. The smallest absolute Gasteiger partial charge is 0.385 e. The summed E-state index contributed by atoms with van der Waals surface area (Å²) in [6.45, 7) is 0. The van der Waals surface area contributed by atoms with Gasteiger partial charge in [0.25, 0.3) is 0 Å². The average molecular weight is 203 g/mol. The molecule has 76 valence electrons. The van der Waals surface area contributed by atoms with Crippen molar-refractivity contribution in [2.45, 2.75) is 24.6 Å². The second-order valence-corrected chi connectivity index (χ2v) is 3.45. The van der Waals surface area contributed by atoms with Gasteiger partial charge >= 0.3 is 6.18 Å². The van der Waals surface area contributed by atoms with E-state index in [4.69, 9.17) is 0 Å².